The number of nitro benzene ring substituents is 1. The van der Waals surface area contributed by atoms with E-state index in [2.05, 4.69) is 9.39 Å². The van der Waals surface area contributed by atoms with E-state index in [9.17, 15) is 14.9 Å². The summed E-state index contributed by atoms with van der Waals surface area (Å²) in [6.45, 7) is 0. The second kappa shape index (κ2) is 5.97. The molecule has 0 fully saturated rings. The highest BCUT2D eigenvalue weighted by Crippen LogP contribution is 2.31. The number of rotatable bonds is 2. The van der Waals surface area contributed by atoms with Gasteiger partial charge in [0.1, 0.15) is 5.84 Å². The number of aliphatic imine (C=N–C) groups is 1. The highest BCUT2D eigenvalue weighted by Gasteiger charge is 2.36. The average Bonchev–Trinajstić information content (AvgIpc) is 2.94. The predicted molar refractivity (Wildman–Crippen MR) is 91.6 cm³/mol. The first-order valence-electron chi connectivity index (χ1n) is 6.28. The highest BCUT2D eigenvalue weighted by atomic mass is 32.2. The van der Waals surface area contributed by atoms with E-state index in [0.29, 0.717) is 15.9 Å². The Labute approximate surface area is 139 Å². The Morgan fingerprint density at radius 1 is 1.39 bits per heavy atom. The van der Waals surface area contributed by atoms with Crippen molar-refractivity contribution >= 4 is 57.6 Å². The van der Waals surface area contributed by atoms with E-state index in [1.165, 1.54) is 47.0 Å². The number of carbonyl (C=O) groups is 1. The molecular formula is C13H9N5O3S2. The molecule has 0 unspecified atom stereocenters. The number of fused-ring (bicyclic) bond motifs is 1. The van der Waals surface area contributed by atoms with Crippen LogP contribution in [0.25, 0.3) is 6.08 Å². The number of nitrogens with one attached hydrogen (secondary N) is 1. The van der Waals surface area contributed by atoms with E-state index in [-0.39, 0.29) is 17.1 Å². The number of amidine groups is 3. The number of amides is 1. The number of non-ortho nitro benzene ring substituents is 1. The van der Waals surface area contributed by atoms with Crippen molar-refractivity contribution in [2.24, 2.45) is 9.39 Å². The molecule has 0 saturated heterocycles. The van der Waals surface area contributed by atoms with Gasteiger partial charge in [0.05, 0.1) is 22.4 Å². The minimum Gasteiger partial charge on any atom is -0.283 e. The Morgan fingerprint density at radius 3 is 2.70 bits per heavy atom. The van der Waals surface area contributed by atoms with Crippen LogP contribution in [0, 0.1) is 15.5 Å². The van der Waals surface area contributed by atoms with Gasteiger partial charge in [-0.15, -0.1) is 0 Å². The number of carbonyl (C=O) groups excluding carboxylic acids is 1. The summed E-state index contributed by atoms with van der Waals surface area (Å²) >= 11 is 2.42. The van der Waals surface area contributed by atoms with Gasteiger partial charge in [-0.25, -0.2) is 4.90 Å². The third-order valence-electron chi connectivity index (χ3n) is 3.09. The average molecular weight is 347 g/mol. The fourth-order valence-corrected chi connectivity index (χ4v) is 3.44. The molecule has 2 aliphatic rings. The van der Waals surface area contributed by atoms with Crippen molar-refractivity contribution in [2.45, 2.75) is 0 Å². The maximum absolute atomic E-state index is 12.1. The van der Waals surface area contributed by atoms with Crippen molar-refractivity contribution in [1.29, 1.82) is 5.41 Å². The Hall–Kier alpha value is -2.46. The molecule has 0 atom stereocenters. The maximum Gasteiger partial charge on any atom is 0.283 e. The summed E-state index contributed by atoms with van der Waals surface area (Å²) in [5.74, 6) is -0.527. The first-order valence-corrected chi connectivity index (χ1v) is 8.28. The zero-order chi connectivity index (χ0) is 16.6. The molecule has 2 aliphatic heterocycles. The Balaban J connectivity index is 1.96. The molecule has 0 saturated carbocycles. The molecule has 116 valence electrons. The van der Waals surface area contributed by atoms with Crippen molar-refractivity contribution in [2.75, 3.05) is 6.26 Å². The van der Waals surface area contributed by atoms with Gasteiger partial charge in [0.2, 0.25) is 5.17 Å². The monoisotopic (exact) mass is 347 g/mol. The van der Waals surface area contributed by atoms with Crippen LogP contribution in [0.3, 0.4) is 0 Å². The third-order valence-corrected chi connectivity index (χ3v) is 4.55. The summed E-state index contributed by atoms with van der Waals surface area (Å²) in [5.41, 5.74) is 0.661. The van der Waals surface area contributed by atoms with Crippen molar-refractivity contribution in [1.82, 2.24) is 4.90 Å². The number of thioether (sulfide) groups is 1. The first kappa shape index (κ1) is 15.4. The van der Waals surface area contributed by atoms with Gasteiger partial charge in [-0.1, -0.05) is 11.8 Å². The maximum atomic E-state index is 12.1. The van der Waals surface area contributed by atoms with Crippen LogP contribution in [0.1, 0.15) is 5.56 Å². The molecule has 1 N–H and O–H groups in total. The second-order valence-electron chi connectivity index (χ2n) is 4.46. The first-order chi connectivity index (χ1) is 11.0. The Kier molecular flexibility index (Phi) is 4.01. The van der Waals surface area contributed by atoms with Crippen LogP contribution in [0.2, 0.25) is 0 Å². The van der Waals surface area contributed by atoms with Crippen molar-refractivity contribution < 1.29 is 9.72 Å². The quantitative estimate of drug-likeness (QED) is 0.381. The van der Waals surface area contributed by atoms with Crippen LogP contribution in [0.15, 0.2) is 39.2 Å². The molecule has 0 aliphatic carbocycles. The molecule has 1 aromatic carbocycles. The summed E-state index contributed by atoms with van der Waals surface area (Å²) in [4.78, 5) is 27.7. The van der Waals surface area contributed by atoms with E-state index in [4.69, 9.17) is 5.41 Å². The van der Waals surface area contributed by atoms with E-state index in [0.717, 1.165) is 11.9 Å². The van der Waals surface area contributed by atoms with E-state index in [1.54, 1.807) is 0 Å². The highest BCUT2D eigenvalue weighted by molar-refractivity contribution is 8.18. The summed E-state index contributed by atoms with van der Waals surface area (Å²) < 4.78 is 4.15. The molecule has 8 nitrogen and oxygen atoms in total. The minimum atomic E-state index is -0.523. The zero-order valence-corrected chi connectivity index (χ0v) is 13.3. The van der Waals surface area contributed by atoms with Gasteiger partial charge >= 0.3 is 0 Å². The lowest BCUT2D eigenvalue weighted by Crippen LogP contribution is -2.41. The van der Waals surface area contributed by atoms with Gasteiger partial charge in [0.15, 0.2) is 5.17 Å². The largest absolute Gasteiger partial charge is 0.283 e. The molecule has 10 heteroatoms. The standard InChI is InChI=1S/C13H9N5O3S2/c1-22-13-16-23-12-15-11(19)9(10(14)17(12)13)6-7-2-4-8(5-3-7)18(20)21/h2-6,14H,1H3/b9-6-,14-10?. The lowest BCUT2D eigenvalue weighted by atomic mass is 10.1. The normalized spacial score (nSPS) is 18.8. The number of benzene rings is 1. The molecule has 0 spiro atoms. The molecule has 1 amide bonds. The molecule has 0 radical (unpaired) electrons. The van der Waals surface area contributed by atoms with Crippen LogP contribution in [-0.2, 0) is 4.79 Å². The van der Waals surface area contributed by atoms with E-state index >= 15 is 0 Å². The van der Waals surface area contributed by atoms with E-state index < -0.39 is 10.8 Å². The lowest BCUT2D eigenvalue weighted by Gasteiger charge is -2.23. The van der Waals surface area contributed by atoms with Crippen LogP contribution in [0.5, 0.6) is 0 Å². The van der Waals surface area contributed by atoms with Gasteiger partial charge in [0, 0.05) is 12.1 Å². The van der Waals surface area contributed by atoms with Gasteiger partial charge < -0.3 is 0 Å². The smallest absolute Gasteiger partial charge is 0.283 e. The van der Waals surface area contributed by atoms with Crippen molar-refractivity contribution in [3.05, 3.63) is 45.5 Å². The van der Waals surface area contributed by atoms with E-state index in [1.807, 2.05) is 6.26 Å². The molecule has 3 rings (SSSR count). The SMILES string of the molecule is CSC1=NSC2=NC(=O)/C(=C\c3ccc([N+](=O)[O-])cc3)C(=N)N12. The summed E-state index contributed by atoms with van der Waals surface area (Å²) in [6.07, 6.45) is 3.32. The van der Waals surface area contributed by atoms with Gasteiger partial charge in [-0.3, -0.25) is 20.3 Å². The second-order valence-corrected chi connectivity index (χ2v) is 5.96. The molecular weight excluding hydrogens is 338 g/mol. The van der Waals surface area contributed by atoms with Crippen molar-refractivity contribution in [3.63, 3.8) is 0 Å². The fraction of sp³-hybridized carbons (Fsp3) is 0.0769. The zero-order valence-electron chi connectivity index (χ0n) is 11.7. The molecule has 0 aromatic heterocycles. The number of nitrogens with zero attached hydrogens (tertiary/aromatic N) is 4. The molecule has 2 heterocycles. The van der Waals surface area contributed by atoms with Crippen LogP contribution in [-0.4, -0.2) is 38.2 Å². The third kappa shape index (κ3) is 2.78. The fourth-order valence-electron chi connectivity index (χ4n) is 1.99. The number of nitro groups is 1. The number of hydrogen-bond acceptors (Lipinski definition) is 7. The minimum absolute atomic E-state index is 0.00328. The van der Waals surface area contributed by atoms with Crippen LogP contribution >= 0.6 is 23.7 Å². The Morgan fingerprint density at radius 2 is 2.09 bits per heavy atom. The summed E-state index contributed by atoms with van der Waals surface area (Å²) in [5, 5.41) is 19.8. The number of hydrogen-bond donors (Lipinski definition) is 1. The van der Waals surface area contributed by atoms with Crippen LogP contribution in [0.4, 0.5) is 5.69 Å². The predicted octanol–water partition coefficient (Wildman–Crippen LogP) is 2.53. The van der Waals surface area contributed by atoms with Crippen molar-refractivity contribution in [3.8, 4) is 0 Å². The summed E-state index contributed by atoms with van der Waals surface area (Å²) in [6, 6.07) is 5.73. The van der Waals surface area contributed by atoms with Gasteiger partial charge in [-0.05, 0) is 30.0 Å². The van der Waals surface area contributed by atoms with Crippen LogP contribution < -0.4 is 0 Å². The molecule has 1 aromatic rings. The molecule has 0 bridgehead atoms. The summed E-state index contributed by atoms with van der Waals surface area (Å²) in [7, 11) is 0. The molecule has 23 heavy (non-hydrogen) atoms. The topological polar surface area (TPSA) is 112 Å². The lowest BCUT2D eigenvalue weighted by molar-refractivity contribution is -0.384. The van der Waals surface area contributed by atoms with Gasteiger partial charge in [0.25, 0.3) is 11.6 Å². The van der Waals surface area contributed by atoms with Gasteiger partial charge in [-0.2, -0.15) is 9.39 Å². The Bertz CT molecular complexity index is 813.